The fourth-order valence-corrected chi connectivity index (χ4v) is 1.66. The Bertz CT molecular complexity index is 434. The minimum atomic E-state index is -2.62. The van der Waals surface area contributed by atoms with Crippen LogP contribution >= 0.6 is 0 Å². The summed E-state index contributed by atoms with van der Waals surface area (Å²) in [4.78, 5) is 17.5. The molecule has 0 aliphatic heterocycles. The maximum absolute atomic E-state index is 12.7. The Balaban J connectivity index is 2.59. The molecule has 0 radical (unpaired) electrons. The molecule has 0 saturated carbocycles. The molecule has 0 aromatic carbocycles. The Morgan fingerprint density at radius 3 is 2.65 bits per heavy atom. The second kappa shape index (κ2) is 7.33. The van der Waals surface area contributed by atoms with Gasteiger partial charge >= 0.3 is 6.55 Å². The smallest absolute Gasteiger partial charge is 0.319 e. The first-order valence-corrected chi connectivity index (χ1v) is 6.60. The van der Waals surface area contributed by atoms with Gasteiger partial charge in [0, 0.05) is 18.9 Å². The molecule has 1 atom stereocenters. The van der Waals surface area contributed by atoms with Crippen molar-refractivity contribution in [1.82, 2.24) is 19.8 Å². The molecule has 0 fully saturated rings. The van der Waals surface area contributed by atoms with Crippen molar-refractivity contribution in [2.45, 2.75) is 39.9 Å². The Morgan fingerprint density at radius 1 is 1.45 bits per heavy atom. The lowest BCUT2D eigenvalue weighted by Gasteiger charge is -2.24. The zero-order chi connectivity index (χ0) is 15.3. The molecule has 20 heavy (non-hydrogen) atoms. The van der Waals surface area contributed by atoms with Crippen LogP contribution in [-0.2, 0) is 11.3 Å². The van der Waals surface area contributed by atoms with Crippen molar-refractivity contribution in [1.29, 1.82) is 0 Å². The summed E-state index contributed by atoms with van der Waals surface area (Å²) in [6, 6.07) is -0.406. The molecule has 0 aliphatic carbocycles. The lowest BCUT2D eigenvalue weighted by molar-refractivity contribution is -0.125. The van der Waals surface area contributed by atoms with Gasteiger partial charge in [-0.05, 0) is 19.9 Å². The highest BCUT2D eigenvalue weighted by atomic mass is 19.3. The zero-order valence-corrected chi connectivity index (χ0v) is 12.3. The van der Waals surface area contributed by atoms with E-state index >= 15 is 0 Å². The lowest BCUT2D eigenvalue weighted by atomic mass is 10.2. The van der Waals surface area contributed by atoms with Crippen molar-refractivity contribution in [2.75, 3.05) is 13.6 Å². The molecule has 1 N–H and O–H groups in total. The topological polar surface area (TPSA) is 50.2 Å². The van der Waals surface area contributed by atoms with Crippen LogP contribution in [0.2, 0.25) is 0 Å². The molecular formula is C13H22F2N4O. The largest absolute Gasteiger partial charge is 0.354 e. The van der Waals surface area contributed by atoms with Gasteiger partial charge in [0.1, 0.15) is 5.82 Å². The van der Waals surface area contributed by atoms with Gasteiger partial charge in [-0.25, -0.2) is 4.98 Å². The molecule has 0 spiro atoms. The number of carbonyl (C=O) groups excluding carboxylic acids is 1. The SMILES string of the molecule is CC(C)CNC(=O)[C@@H](C)N(C)Cc1nccn1C(F)F. The van der Waals surface area contributed by atoms with Crippen molar-refractivity contribution in [3.8, 4) is 0 Å². The Kier molecular flexibility index (Phi) is 6.06. The third-order valence-electron chi connectivity index (χ3n) is 3.08. The summed E-state index contributed by atoms with van der Waals surface area (Å²) in [5, 5.41) is 2.82. The number of aromatic nitrogens is 2. The number of alkyl halides is 2. The molecule has 1 aromatic heterocycles. The fraction of sp³-hybridized carbons (Fsp3) is 0.692. The van der Waals surface area contributed by atoms with E-state index in [4.69, 9.17) is 0 Å². The van der Waals surface area contributed by atoms with Gasteiger partial charge in [0.05, 0.1) is 12.6 Å². The highest BCUT2D eigenvalue weighted by molar-refractivity contribution is 5.81. The molecule has 7 heteroatoms. The molecule has 1 aromatic rings. The predicted octanol–water partition coefficient (Wildman–Crippen LogP) is 1.87. The summed E-state index contributed by atoms with van der Waals surface area (Å²) in [5.41, 5.74) is 0. The normalized spacial score (nSPS) is 13.2. The van der Waals surface area contributed by atoms with Crippen LogP contribution in [0.15, 0.2) is 12.4 Å². The summed E-state index contributed by atoms with van der Waals surface area (Å²) < 4.78 is 26.2. The average molecular weight is 288 g/mol. The molecular weight excluding hydrogens is 266 g/mol. The number of amides is 1. The van der Waals surface area contributed by atoms with Gasteiger partial charge < -0.3 is 5.32 Å². The molecule has 114 valence electrons. The monoisotopic (exact) mass is 288 g/mol. The number of likely N-dealkylation sites (N-methyl/N-ethyl adjacent to an activating group) is 1. The minimum absolute atomic E-state index is 0.114. The average Bonchev–Trinajstić information content (AvgIpc) is 2.83. The number of nitrogens with one attached hydrogen (secondary N) is 1. The number of rotatable bonds is 7. The van der Waals surface area contributed by atoms with Crippen molar-refractivity contribution < 1.29 is 13.6 Å². The van der Waals surface area contributed by atoms with E-state index in [9.17, 15) is 13.6 Å². The van der Waals surface area contributed by atoms with E-state index in [0.717, 1.165) is 4.57 Å². The maximum Gasteiger partial charge on any atom is 0.319 e. The van der Waals surface area contributed by atoms with E-state index in [1.165, 1.54) is 12.4 Å². The van der Waals surface area contributed by atoms with E-state index in [2.05, 4.69) is 10.3 Å². The summed E-state index contributed by atoms with van der Waals surface area (Å²) in [6.07, 6.45) is 2.57. The third kappa shape index (κ3) is 4.56. The lowest BCUT2D eigenvalue weighted by Crippen LogP contribution is -2.44. The second-order valence-electron chi connectivity index (χ2n) is 5.26. The van der Waals surface area contributed by atoms with Gasteiger partial charge in [-0.1, -0.05) is 13.8 Å². The van der Waals surface area contributed by atoms with E-state index in [0.29, 0.717) is 12.5 Å². The van der Waals surface area contributed by atoms with Crippen LogP contribution in [0.4, 0.5) is 8.78 Å². The number of halogens is 2. The second-order valence-corrected chi connectivity index (χ2v) is 5.26. The van der Waals surface area contributed by atoms with Crippen LogP contribution < -0.4 is 5.32 Å². The molecule has 0 unspecified atom stereocenters. The number of nitrogens with zero attached hydrogens (tertiary/aromatic N) is 3. The Hall–Kier alpha value is -1.50. The molecule has 0 aliphatic rings. The predicted molar refractivity (Wildman–Crippen MR) is 72.3 cm³/mol. The van der Waals surface area contributed by atoms with Crippen molar-refractivity contribution in [2.24, 2.45) is 5.92 Å². The molecule has 1 amide bonds. The summed E-state index contributed by atoms with van der Waals surface area (Å²) in [6.45, 7) is 3.93. The third-order valence-corrected chi connectivity index (χ3v) is 3.08. The van der Waals surface area contributed by atoms with Crippen LogP contribution in [0.25, 0.3) is 0 Å². The first kappa shape index (κ1) is 16.6. The number of carbonyl (C=O) groups is 1. The quantitative estimate of drug-likeness (QED) is 0.833. The van der Waals surface area contributed by atoms with Crippen LogP contribution in [0, 0.1) is 5.92 Å². The highest BCUT2D eigenvalue weighted by Crippen LogP contribution is 2.14. The number of imidazole rings is 1. The summed E-state index contributed by atoms with van der Waals surface area (Å²) >= 11 is 0. The van der Waals surface area contributed by atoms with Crippen LogP contribution in [0.5, 0.6) is 0 Å². The van der Waals surface area contributed by atoms with Gasteiger partial charge in [0.25, 0.3) is 0 Å². The molecule has 1 rings (SSSR count). The van der Waals surface area contributed by atoms with Gasteiger partial charge in [0.15, 0.2) is 0 Å². The summed E-state index contributed by atoms with van der Waals surface area (Å²) in [5.74, 6) is 0.497. The van der Waals surface area contributed by atoms with Gasteiger partial charge in [0.2, 0.25) is 5.91 Å². The van der Waals surface area contributed by atoms with Gasteiger partial charge in [-0.3, -0.25) is 14.3 Å². The maximum atomic E-state index is 12.7. The standard InChI is InChI=1S/C13H22F2N4O/c1-9(2)7-17-12(20)10(3)18(4)8-11-16-5-6-19(11)13(14)15/h5-6,9-10,13H,7-8H2,1-4H3,(H,17,20)/t10-/m1/s1. The number of hydrogen-bond donors (Lipinski definition) is 1. The zero-order valence-electron chi connectivity index (χ0n) is 12.3. The van der Waals surface area contributed by atoms with Crippen LogP contribution in [0.3, 0.4) is 0 Å². The van der Waals surface area contributed by atoms with E-state index in [1.54, 1.807) is 18.9 Å². The van der Waals surface area contributed by atoms with Gasteiger partial charge in [-0.2, -0.15) is 8.78 Å². The van der Waals surface area contributed by atoms with Crippen LogP contribution in [0.1, 0.15) is 33.1 Å². The van der Waals surface area contributed by atoms with Gasteiger partial charge in [-0.15, -0.1) is 0 Å². The van der Waals surface area contributed by atoms with Crippen molar-refractivity contribution >= 4 is 5.91 Å². The summed E-state index contributed by atoms with van der Waals surface area (Å²) in [7, 11) is 1.71. The van der Waals surface area contributed by atoms with E-state index in [-0.39, 0.29) is 18.3 Å². The minimum Gasteiger partial charge on any atom is -0.354 e. The number of hydrogen-bond acceptors (Lipinski definition) is 3. The molecule has 1 heterocycles. The molecule has 0 saturated heterocycles. The van der Waals surface area contributed by atoms with E-state index in [1.807, 2.05) is 13.8 Å². The first-order valence-electron chi connectivity index (χ1n) is 6.60. The first-order chi connectivity index (χ1) is 9.32. The molecule has 0 bridgehead atoms. The van der Waals surface area contributed by atoms with E-state index < -0.39 is 12.6 Å². The van der Waals surface area contributed by atoms with Crippen molar-refractivity contribution in [3.05, 3.63) is 18.2 Å². The van der Waals surface area contributed by atoms with Crippen molar-refractivity contribution in [3.63, 3.8) is 0 Å². The highest BCUT2D eigenvalue weighted by Gasteiger charge is 2.20. The Morgan fingerprint density at radius 2 is 2.10 bits per heavy atom. The van der Waals surface area contributed by atoms with Crippen LogP contribution in [-0.4, -0.2) is 40.0 Å². The molecule has 5 nitrogen and oxygen atoms in total. The Labute approximate surface area is 118 Å². The fourth-order valence-electron chi connectivity index (χ4n) is 1.66.